The van der Waals surface area contributed by atoms with Crippen LogP contribution in [0.1, 0.15) is 16.8 Å². The van der Waals surface area contributed by atoms with Gasteiger partial charge < -0.3 is 15.5 Å². The first kappa shape index (κ1) is 14.5. The molecule has 0 fully saturated rings. The van der Waals surface area contributed by atoms with Gasteiger partial charge in [-0.1, -0.05) is 30.3 Å². The predicted molar refractivity (Wildman–Crippen MR) is 75.1 cm³/mol. The molecule has 1 atom stereocenters. The molecule has 0 unspecified atom stereocenters. The van der Waals surface area contributed by atoms with E-state index in [1.54, 1.807) is 18.2 Å². The van der Waals surface area contributed by atoms with Crippen molar-refractivity contribution in [2.24, 2.45) is 0 Å². The molecule has 0 spiro atoms. The Balaban J connectivity index is 2.20. The first-order valence-electron chi connectivity index (χ1n) is 6.21. The average Bonchev–Trinajstić information content (AvgIpc) is 2.45. The van der Waals surface area contributed by atoms with Crippen LogP contribution in [0.25, 0.3) is 10.8 Å². The van der Waals surface area contributed by atoms with Gasteiger partial charge in [-0.3, -0.25) is 9.59 Å². The SMILES string of the molecule is O=C(O)C[C@H](NC(=O)c1ccc2ccccc2c1)C(=O)O. The number of carbonyl (C=O) groups is 3. The first-order chi connectivity index (χ1) is 9.97. The van der Waals surface area contributed by atoms with Crippen LogP contribution in [-0.2, 0) is 9.59 Å². The highest BCUT2D eigenvalue weighted by Crippen LogP contribution is 2.15. The van der Waals surface area contributed by atoms with Crippen molar-refractivity contribution < 1.29 is 24.6 Å². The first-order valence-corrected chi connectivity index (χ1v) is 6.21. The number of amides is 1. The van der Waals surface area contributed by atoms with E-state index < -0.39 is 30.3 Å². The van der Waals surface area contributed by atoms with Crippen LogP contribution < -0.4 is 5.32 Å². The molecule has 0 aliphatic heterocycles. The summed E-state index contributed by atoms with van der Waals surface area (Å²) < 4.78 is 0. The van der Waals surface area contributed by atoms with E-state index in [2.05, 4.69) is 5.32 Å². The molecule has 6 heteroatoms. The summed E-state index contributed by atoms with van der Waals surface area (Å²) in [6, 6.07) is 10.9. The number of nitrogens with one attached hydrogen (secondary N) is 1. The molecule has 0 saturated heterocycles. The number of benzene rings is 2. The van der Waals surface area contributed by atoms with Crippen LogP contribution in [-0.4, -0.2) is 34.1 Å². The summed E-state index contributed by atoms with van der Waals surface area (Å²) in [5.74, 6) is -3.29. The Hall–Kier alpha value is -2.89. The quantitative estimate of drug-likeness (QED) is 0.773. The van der Waals surface area contributed by atoms with Gasteiger partial charge in [0.1, 0.15) is 6.04 Å². The molecular formula is C15H13NO5. The second-order valence-electron chi connectivity index (χ2n) is 4.52. The number of fused-ring (bicyclic) bond motifs is 1. The Labute approximate surface area is 120 Å². The van der Waals surface area contributed by atoms with E-state index in [4.69, 9.17) is 10.2 Å². The van der Waals surface area contributed by atoms with Gasteiger partial charge in [-0.25, -0.2) is 4.79 Å². The van der Waals surface area contributed by atoms with Crippen LogP contribution in [0.15, 0.2) is 42.5 Å². The largest absolute Gasteiger partial charge is 0.481 e. The summed E-state index contributed by atoms with van der Waals surface area (Å²) in [6.45, 7) is 0. The van der Waals surface area contributed by atoms with Crippen molar-refractivity contribution in [3.63, 3.8) is 0 Å². The van der Waals surface area contributed by atoms with E-state index in [9.17, 15) is 14.4 Å². The van der Waals surface area contributed by atoms with E-state index in [1.807, 2.05) is 24.3 Å². The van der Waals surface area contributed by atoms with Crippen LogP contribution in [0.4, 0.5) is 0 Å². The second-order valence-corrected chi connectivity index (χ2v) is 4.52. The molecule has 2 aromatic rings. The fourth-order valence-corrected chi connectivity index (χ4v) is 1.95. The van der Waals surface area contributed by atoms with Gasteiger partial charge in [0, 0.05) is 5.56 Å². The molecule has 0 aromatic heterocycles. The lowest BCUT2D eigenvalue weighted by molar-refractivity contribution is -0.145. The van der Waals surface area contributed by atoms with Crippen LogP contribution in [0, 0.1) is 0 Å². The molecule has 1 amide bonds. The Morgan fingerprint density at radius 3 is 2.29 bits per heavy atom. The minimum Gasteiger partial charge on any atom is -0.481 e. The molecule has 0 saturated carbocycles. The zero-order valence-electron chi connectivity index (χ0n) is 10.9. The molecule has 108 valence electrons. The van der Waals surface area contributed by atoms with Crippen LogP contribution >= 0.6 is 0 Å². The van der Waals surface area contributed by atoms with E-state index in [1.165, 1.54) is 0 Å². The molecule has 2 rings (SSSR count). The highest BCUT2D eigenvalue weighted by Gasteiger charge is 2.23. The highest BCUT2D eigenvalue weighted by molar-refractivity contribution is 6.00. The van der Waals surface area contributed by atoms with Crippen molar-refractivity contribution in [3.05, 3.63) is 48.0 Å². The molecule has 0 heterocycles. The topological polar surface area (TPSA) is 104 Å². The Morgan fingerprint density at radius 2 is 1.67 bits per heavy atom. The smallest absolute Gasteiger partial charge is 0.326 e. The Bertz CT molecular complexity index is 710. The zero-order valence-corrected chi connectivity index (χ0v) is 10.9. The molecule has 6 nitrogen and oxygen atoms in total. The van der Waals surface area contributed by atoms with Gasteiger partial charge in [-0.15, -0.1) is 0 Å². The standard InChI is InChI=1S/C15H13NO5/c17-13(18)8-12(15(20)21)16-14(19)11-6-5-9-3-1-2-4-10(9)7-11/h1-7,12H,8H2,(H,16,19)(H,17,18)(H,20,21)/t12-/m0/s1. The molecule has 2 aromatic carbocycles. The lowest BCUT2D eigenvalue weighted by atomic mass is 10.1. The third kappa shape index (κ3) is 3.56. The number of carboxylic acids is 2. The number of aliphatic carboxylic acids is 2. The van der Waals surface area contributed by atoms with Crippen molar-refractivity contribution in [1.82, 2.24) is 5.32 Å². The number of hydrogen-bond acceptors (Lipinski definition) is 3. The average molecular weight is 287 g/mol. The fourth-order valence-electron chi connectivity index (χ4n) is 1.95. The van der Waals surface area contributed by atoms with E-state index in [0.717, 1.165) is 10.8 Å². The van der Waals surface area contributed by atoms with Gasteiger partial charge in [-0.2, -0.15) is 0 Å². The molecule has 0 bridgehead atoms. The molecular weight excluding hydrogens is 274 g/mol. The van der Waals surface area contributed by atoms with Crippen LogP contribution in [0.2, 0.25) is 0 Å². The number of hydrogen-bond donors (Lipinski definition) is 3. The van der Waals surface area contributed by atoms with E-state index in [0.29, 0.717) is 0 Å². The van der Waals surface area contributed by atoms with Crippen molar-refractivity contribution in [2.45, 2.75) is 12.5 Å². The highest BCUT2D eigenvalue weighted by atomic mass is 16.4. The van der Waals surface area contributed by atoms with Gasteiger partial charge in [0.05, 0.1) is 6.42 Å². The maximum Gasteiger partial charge on any atom is 0.326 e. The molecule has 21 heavy (non-hydrogen) atoms. The molecule has 3 N–H and O–H groups in total. The Morgan fingerprint density at radius 1 is 1.00 bits per heavy atom. The van der Waals surface area contributed by atoms with Crippen molar-refractivity contribution in [1.29, 1.82) is 0 Å². The summed E-state index contributed by atoms with van der Waals surface area (Å²) in [4.78, 5) is 33.5. The second kappa shape index (κ2) is 6.04. The Kier molecular flexibility index (Phi) is 4.18. The van der Waals surface area contributed by atoms with Crippen molar-refractivity contribution in [2.75, 3.05) is 0 Å². The minimum atomic E-state index is -1.46. The van der Waals surface area contributed by atoms with Crippen LogP contribution in [0.5, 0.6) is 0 Å². The maximum absolute atomic E-state index is 12.0. The van der Waals surface area contributed by atoms with Crippen molar-refractivity contribution in [3.8, 4) is 0 Å². The molecule has 0 aliphatic carbocycles. The summed E-state index contributed by atoms with van der Waals surface area (Å²) in [7, 11) is 0. The maximum atomic E-state index is 12.0. The summed E-state index contributed by atoms with van der Waals surface area (Å²) in [6.07, 6.45) is -0.672. The van der Waals surface area contributed by atoms with E-state index in [-0.39, 0.29) is 5.56 Å². The molecule has 0 radical (unpaired) electrons. The van der Waals surface area contributed by atoms with Gasteiger partial charge in [-0.05, 0) is 22.9 Å². The summed E-state index contributed by atoms with van der Waals surface area (Å²) in [5.41, 5.74) is 0.283. The van der Waals surface area contributed by atoms with Gasteiger partial charge in [0.15, 0.2) is 0 Å². The third-order valence-corrected chi connectivity index (χ3v) is 2.99. The zero-order chi connectivity index (χ0) is 15.4. The third-order valence-electron chi connectivity index (χ3n) is 2.99. The van der Waals surface area contributed by atoms with Crippen molar-refractivity contribution >= 4 is 28.6 Å². The summed E-state index contributed by atoms with van der Waals surface area (Å²) in [5, 5.41) is 21.6. The predicted octanol–water partition coefficient (Wildman–Crippen LogP) is 1.50. The van der Waals surface area contributed by atoms with Gasteiger partial charge in [0.25, 0.3) is 5.91 Å². The monoisotopic (exact) mass is 287 g/mol. The minimum absolute atomic E-state index is 0.283. The van der Waals surface area contributed by atoms with Crippen LogP contribution in [0.3, 0.4) is 0 Å². The van der Waals surface area contributed by atoms with Gasteiger partial charge >= 0.3 is 11.9 Å². The summed E-state index contributed by atoms with van der Waals surface area (Å²) >= 11 is 0. The number of carboxylic acid groups (broad SMARTS) is 2. The van der Waals surface area contributed by atoms with E-state index >= 15 is 0 Å². The fraction of sp³-hybridized carbons (Fsp3) is 0.133. The lowest BCUT2D eigenvalue weighted by Crippen LogP contribution is -2.42. The number of carbonyl (C=O) groups excluding carboxylic acids is 1. The normalized spacial score (nSPS) is 11.8. The van der Waals surface area contributed by atoms with Gasteiger partial charge in [0.2, 0.25) is 0 Å². The lowest BCUT2D eigenvalue weighted by Gasteiger charge is -2.12. The molecule has 0 aliphatic rings. The number of rotatable bonds is 5.